The van der Waals surface area contributed by atoms with E-state index in [0.717, 1.165) is 0 Å². The van der Waals surface area contributed by atoms with Crippen molar-refractivity contribution in [3.8, 4) is 0 Å². The van der Waals surface area contributed by atoms with Gasteiger partial charge in [0.2, 0.25) is 6.41 Å². The maximum Gasteiger partial charge on any atom is 0.252 e. The summed E-state index contributed by atoms with van der Waals surface area (Å²) >= 11 is 1.56. The molecule has 84 valence electrons. The number of hydrogen-bond donors (Lipinski definition) is 2. The number of hydrogen-bond acceptors (Lipinski definition) is 3. The molecule has 1 rings (SSSR count). The molecule has 0 saturated carbocycles. The summed E-state index contributed by atoms with van der Waals surface area (Å²) in [5, 5.41) is 2.74. The van der Waals surface area contributed by atoms with E-state index in [1.54, 1.807) is 11.9 Å². The minimum absolute atomic E-state index is 0.00898. The summed E-state index contributed by atoms with van der Waals surface area (Å²) in [6.07, 6.45) is 5.90. The van der Waals surface area contributed by atoms with Crippen molar-refractivity contribution in [2.24, 2.45) is 5.73 Å². The molecule has 3 N–H and O–H groups in total. The van der Waals surface area contributed by atoms with Gasteiger partial charge in [-0.1, -0.05) is 0 Å². The van der Waals surface area contributed by atoms with Crippen LogP contribution in [0.4, 0.5) is 0 Å². The third-order valence-corrected chi connectivity index (χ3v) is 2.13. The molecule has 0 aliphatic carbocycles. The first kappa shape index (κ1) is 13.6. The van der Waals surface area contributed by atoms with Gasteiger partial charge >= 0.3 is 0 Å². The maximum absolute atomic E-state index is 11.2. The van der Waals surface area contributed by atoms with Gasteiger partial charge in [0.25, 0.3) is 5.91 Å². The fraction of sp³-hybridized carbons (Fsp3) is 0.333. The zero-order valence-electron chi connectivity index (χ0n) is 8.77. The topological polar surface area (TPSA) is 77.1 Å². The lowest BCUT2D eigenvalue weighted by atomic mass is 10.3. The van der Waals surface area contributed by atoms with E-state index in [0.29, 0.717) is 12.1 Å². The molecule has 0 aliphatic heterocycles. The highest BCUT2D eigenvalue weighted by molar-refractivity contribution is 7.97. The predicted octanol–water partition coefficient (Wildman–Crippen LogP) is 0.465. The van der Waals surface area contributed by atoms with Gasteiger partial charge in [0.15, 0.2) is 0 Å². The first-order chi connectivity index (χ1) is 7.19. The average Bonchev–Trinajstić information content (AvgIpc) is 2.67. The molecule has 0 bridgehead atoms. The molecule has 0 fully saturated rings. The van der Waals surface area contributed by atoms with E-state index in [9.17, 15) is 4.79 Å². The number of amides is 2. The van der Waals surface area contributed by atoms with E-state index in [-0.39, 0.29) is 12.3 Å². The Morgan fingerprint density at radius 3 is 2.73 bits per heavy atom. The summed E-state index contributed by atoms with van der Waals surface area (Å²) in [5.41, 5.74) is 4.88. The normalized spacial score (nSPS) is 8.67. The Balaban J connectivity index is 0.000000583. The molecule has 0 unspecified atom stereocenters. The van der Waals surface area contributed by atoms with Crippen molar-refractivity contribution in [2.45, 2.75) is 6.92 Å². The number of aromatic nitrogens is 1. The molecular formula is C9H15N3O2S. The second-order valence-electron chi connectivity index (χ2n) is 2.44. The number of carbonyl (C=O) groups excluding carboxylic acids is 2. The Morgan fingerprint density at radius 1 is 1.73 bits per heavy atom. The highest BCUT2D eigenvalue weighted by Crippen LogP contribution is 2.06. The number of primary amides is 1. The van der Waals surface area contributed by atoms with E-state index < -0.39 is 0 Å². The first-order valence-electron chi connectivity index (χ1n) is 4.35. The van der Waals surface area contributed by atoms with E-state index in [4.69, 9.17) is 4.79 Å². The van der Waals surface area contributed by atoms with E-state index in [2.05, 4.69) is 11.1 Å². The van der Waals surface area contributed by atoms with Gasteiger partial charge < -0.3 is 11.1 Å². The van der Waals surface area contributed by atoms with Crippen LogP contribution in [0.3, 0.4) is 0 Å². The Hall–Kier alpha value is -1.43. The number of nitrogens with zero attached hydrogens (tertiary/aromatic N) is 1. The molecule has 0 radical (unpaired) electrons. The van der Waals surface area contributed by atoms with Crippen LogP contribution < -0.4 is 11.1 Å². The molecule has 0 atom stereocenters. The van der Waals surface area contributed by atoms with Gasteiger partial charge in [0.05, 0.1) is 5.56 Å². The van der Waals surface area contributed by atoms with Gasteiger partial charge in [-0.05, 0) is 24.9 Å². The van der Waals surface area contributed by atoms with Gasteiger partial charge in [-0.25, -0.2) is 0 Å². The third-order valence-electron chi connectivity index (χ3n) is 1.48. The second kappa shape index (κ2) is 7.93. The number of nitrogens with one attached hydrogen (secondary N) is 1. The molecule has 2 amide bonds. The molecule has 6 heteroatoms. The van der Waals surface area contributed by atoms with E-state index in [1.807, 2.05) is 35.6 Å². The first-order valence-corrected chi connectivity index (χ1v) is 5.53. The van der Waals surface area contributed by atoms with E-state index in [1.165, 1.54) is 0 Å². The Morgan fingerprint density at radius 2 is 2.33 bits per heavy atom. The molecule has 1 aromatic heterocycles. The number of carbonyl (C=O) groups is 2. The minimum Gasteiger partial charge on any atom is -0.372 e. The summed E-state index contributed by atoms with van der Waals surface area (Å²) in [6.45, 7) is 2.58. The Labute approximate surface area is 93.2 Å². The molecule has 15 heavy (non-hydrogen) atoms. The standard InChI is InChI=1S/C8H12N2OS.CH3NO/c1-3-9-8(11)7-4-5-10(6-7)12-2;2-1-3/h4-6H,3H2,1-2H3,(H,9,11);1H,(H2,2,3). The molecular weight excluding hydrogens is 214 g/mol. The van der Waals surface area contributed by atoms with Crippen molar-refractivity contribution in [3.05, 3.63) is 24.0 Å². The monoisotopic (exact) mass is 229 g/mol. The SMILES string of the molecule is CCNC(=O)c1ccn(SC)c1.NC=O. The molecule has 5 nitrogen and oxygen atoms in total. The average molecular weight is 229 g/mol. The summed E-state index contributed by atoms with van der Waals surface area (Å²) in [6, 6.07) is 1.81. The van der Waals surface area contributed by atoms with Crippen LogP contribution in [-0.4, -0.2) is 29.1 Å². The van der Waals surface area contributed by atoms with Crippen LogP contribution >= 0.6 is 11.9 Å². The summed E-state index contributed by atoms with van der Waals surface area (Å²) in [7, 11) is 0. The number of nitrogens with two attached hydrogens (primary N) is 1. The molecule has 0 spiro atoms. The molecule has 0 aliphatic rings. The predicted molar refractivity (Wildman–Crippen MR) is 61.6 cm³/mol. The van der Waals surface area contributed by atoms with Crippen LogP contribution in [-0.2, 0) is 4.79 Å². The van der Waals surface area contributed by atoms with Crippen LogP contribution in [0.2, 0.25) is 0 Å². The third kappa shape index (κ3) is 5.11. The van der Waals surface area contributed by atoms with E-state index >= 15 is 0 Å². The molecule has 1 heterocycles. The number of rotatable bonds is 3. The van der Waals surface area contributed by atoms with Crippen LogP contribution in [0, 0.1) is 0 Å². The smallest absolute Gasteiger partial charge is 0.252 e. The van der Waals surface area contributed by atoms with Gasteiger partial charge in [0, 0.05) is 25.2 Å². The molecule has 0 saturated heterocycles. The van der Waals surface area contributed by atoms with Gasteiger partial charge in [-0.15, -0.1) is 0 Å². The highest BCUT2D eigenvalue weighted by Gasteiger charge is 2.04. The lowest BCUT2D eigenvalue weighted by Crippen LogP contribution is -2.21. The fourth-order valence-electron chi connectivity index (χ4n) is 0.887. The van der Waals surface area contributed by atoms with Crippen LogP contribution in [0.5, 0.6) is 0 Å². The molecule has 0 aromatic carbocycles. The van der Waals surface area contributed by atoms with Crippen LogP contribution in [0.25, 0.3) is 0 Å². The maximum atomic E-state index is 11.2. The van der Waals surface area contributed by atoms with Gasteiger partial charge in [-0.2, -0.15) is 0 Å². The Kier molecular flexibility index (Phi) is 7.17. The van der Waals surface area contributed by atoms with Crippen molar-refractivity contribution >= 4 is 24.3 Å². The summed E-state index contributed by atoms with van der Waals surface area (Å²) < 4.78 is 1.89. The van der Waals surface area contributed by atoms with Crippen molar-refractivity contribution in [1.29, 1.82) is 0 Å². The lowest BCUT2D eigenvalue weighted by molar-refractivity contribution is -0.106. The van der Waals surface area contributed by atoms with Gasteiger partial charge in [0.1, 0.15) is 0 Å². The minimum atomic E-state index is -0.00898. The van der Waals surface area contributed by atoms with Crippen molar-refractivity contribution in [1.82, 2.24) is 9.29 Å². The fourth-order valence-corrected chi connectivity index (χ4v) is 1.29. The van der Waals surface area contributed by atoms with Gasteiger partial charge in [-0.3, -0.25) is 13.6 Å². The largest absolute Gasteiger partial charge is 0.372 e. The van der Waals surface area contributed by atoms with Crippen molar-refractivity contribution in [2.75, 3.05) is 12.8 Å². The summed E-state index contributed by atoms with van der Waals surface area (Å²) in [5.74, 6) is -0.00898. The quantitative estimate of drug-likeness (QED) is 0.739. The van der Waals surface area contributed by atoms with Crippen molar-refractivity contribution < 1.29 is 9.59 Å². The highest BCUT2D eigenvalue weighted by atomic mass is 32.2. The Bertz CT molecular complexity index is 312. The van der Waals surface area contributed by atoms with Crippen LogP contribution in [0.15, 0.2) is 18.5 Å². The second-order valence-corrected chi connectivity index (χ2v) is 3.22. The zero-order chi connectivity index (χ0) is 11.7. The molecule has 1 aromatic rings. The summed E-state index contributed by atoms with van der Waals surface area (Å²) in [4.78, 5) is 19.8. The van der Waals surface area contributed by atoms with Crippen molar-refractivity contribution in [3.63, 3.8) is 0 Å². The zero-order valence-corrected chi connectivity index (χ0v) is 9.58. The van der Waals surface area contributed by atoms with Crippen LogP contribution in [0.1, 0.15) is 17.3 Å². The lowest BCUT2D eigenvalue weighted by Gasteiger charge is -1.97.